The molecule has 0 spiro atoms. The number of carbonyl (C=O) groups is 1. The van der Waals surface area contributed by atoms with Gasteiger partial charge in [0.25, 0.3) is 0 Å². The summed E-state index contributed by atoms with van der Waals surface area (Å²) in [6, 6.07) is 7.43. The van der Waals surface area contributed by atoms with E-state index in [2.05, 4.69) is 25.5 Å². The zero-order valence-corrected chi connectivity index (χ0v) is 12.1. The minimum absolute atomic E-state index is 0.00296. The van der Waals surface area contributed by atoms with E-state index in [0.29, 0.717) is 5.56 Å². The number of hydrogen-bond acceptors (Lipinski definition) is 3. The highest BCUT2D eigenvalue weighted by Crippen LogP contribution is 2.30. The molecule has 1 atom stereocenters. The molecule has 1 aromatic carbocycles. The first kappa shape index (κ1) is 16.8. The van der Waals surface area contributed by atoms with Gasteiger partial charge in [-0.1, -0.05) is 45.0 Å². The molecule has 0 radical (unpaired) electrons. The molecule has 3 nitrogen and oxygen atoms in total. The van der Waals surface area contributed by atoms with Gasteiger partial charge in [0, 0.05) is 25.3 Å². The standard InChI is InChI=1S/C12H17NO.C3H8O/c1-12(2,3)11(13)10-6-4-9(8-14)5-7-10;1-3-4-2/h4-8,11H,13H2,1-3H3;3H2,1-2H3. The number of aldehydes is 1. The Balaban J connectivity index is 0.000000631. The third-order valence-corrected chi connectivity index (χ3v) is 2.65. The fourth-order valence-electron chi connectivity index (χ4n) is 1.28. The number of carbonyl (C=O) groups excluding carboxylic acids is 1. The van der Waals surface area contributed by atoms with Crippen molar-refractivity contribution in [2.45, 2.75) is 33.7 Å². The van der Waals surface area contributed by atoms with Gasteiger partial charge in [0.15, 0.2) is 0 Å². The van der Waals surface area contributed by atoms with Crippen LogP contribution in [0.3, 0.4) is 0 Å². The van der Waals surface area contributed by atoms with Crippen molar-refractivity contribution in [2.24, 2.45) is 11.1 Å². The van der Waals surface area contributed by atoms with Crippen molar-refractivity contribution in [3.63, 3.8) is 0 Å². The molecule has 3 heteroatoms. The Morgan fingerprint density at radius 2 is 1.72 bits per heavy atom. The maximum atomic E-state index is 10.5. The van der Waals surface area contributed by atoms with E-state index >= 15 is 0 Å². The van der Waals surface area contributed by atoms with E-state index in [9.17, 15) is 4.79 Å². The summed E-state index contributed by atoms with van der Waals surface area (Å²) in [5.41, 5.74) is 7.88. The molecule has 1 aromatic rings. The highest BCUT2D eigenvalue weighted by atomic mass is 16.5. The van der Waals surface area contributed by atoms with Crippen molar-refractivity contribution in [2.75, 3.05) is 13.7 Å². The minimum Gasteiger partial charge on any atom is -0.385 e. The van der Waals surface area contributed by atoms with E-state index in [1.165, 1.54) is 0 Å². The van der Waals surface area contributed by atoms with Crippen molar-refractivity contribution >= 4 is 6.29 Å². The topological polar surface area (TPSA) is 52.3 Å². The third-order valence-electron chi connectivity index (χ3n) is 2.65. The van der Waals surface area contributed by atoms with Crippen LogP contribution in [0.1, 0.15) is 49.7 Å². The zero-order valence-electron chi connectivity index (χ0n) is 12.1. The van der Waals surface area contributed by atoms with E-state index in [4.69, 9.17) is 5.73 Å². The molecule has 0 saturated carbocycles. The molecule has 0 bridgehead atoms. The smallest absolute Gasteiger partial charge is 0.150 e. The molecule has 0 aliphatic rings. The second-order valence-corrected chi connectivity index (χ2v) is 5.21. The lowest BCUT2D eigenvalue weighted by molar-refractivity contribution is 0.112. The Bertz CT molecular complexity index is 337. The lowest BCUT2D eigenvalue weighted by Crippen LogP contribution is -2.26. The Morgan fingerprint density at radius 1 is 1.28 bits per heavy atom. The predicted molar refractivity (Wildman–Crippen MR) is 75.8 cm³/mol. The average molecular weight is 251 g/mol. The van der Waals surface area contributed by atoms with Gasteiger partial charge in [-0.3, -0.25) is 4.79 Å². The SMILES string of the molecule is CC(C)(C)C(N)c1ccc(C=O)cc1.CCOC. The first-order valence-corrected chi connectivity index (χ1v) is 6.16. The van der Waals surface area contributed by atoms with Crippen molar-refractivity contribution in [1.82, 2.24) is 0 Å². The van der Waals surface area contributed by atoms with Crippen LogP contribution < -0.4 is 5.73 Å². The van der Waals surface area contributed by atoms with Crippen LogP contribution in [0, 0.1) is 5.41 Å². The van der Waals surface area contributed by atoms with Gasteiger partial charge in [0.05, 0.1) is 0 Å². The second-order valence-electron chi connectivity index (χ2n) is 5.21. The summed E-state index contributed by atoms with van der Waals surface area (Å²) in [7, 11) is 1.68. The van der Waals surface area contributed by atoms with Crippen LogP contribution in [0.25, 0.3) is 0 Å². The Labute approximate surface area is 110 Å². The van der Waals surface area contributed by atoms with E-state index in [1.807, 2.05) is 19.1 Å². The molecule has 1 rings (SSSR count). The first-order chi connectivity index (χ1) is 8.36. The molecule has 18 heavy (non-hydrogen) atoms. The number of benzene rings is 1. The van der Waals surface area contributed by atoms with E-state index in [1.54, 1.807) is 19.2 Å². The third kappa shape index (κ3) is 5.94. The summed E-state index contributed by atoms with van der Waals surface area (Å²) in [5.74, 6) is 0. The van der Waals surface area contributed by atoms with Crippen molar-refractivity contribution in [1.29, 1.82) is 0 Å². The fourth-order valence-corrected chi connectivity index (χ4v) is 1.28. The lowest BCUT2D eigenvalue weighted by atomic mass is 9.83. The summed E-state index contributed by atoms with van der Waals surface area (Å²) in [6.07, 6.45) is 0.840. The molecular formula is C15H25NO2. The van der Waals surface area contributed by atoms with Gasteiger partial charge in [-0.15, -0.1) is 0 Å². The van der Waals surface area contributed by atoms with Crippen LogP contribution in [0.4, 0.5) is 0 Å². The molecule has 102 valence electrons. The molecule has 0 aromatic heterocycles. The maximum Gasteiger partial charge on any atom is 0.150 e. The van der Waals surface area contributed by atoms with Crippen molar-refractivity contribution in [3.05, 3.63) is 35.4 Å². The van der Waals surface area contributed by atoms with Crippen molar-refractivity contribution < 1.29 is 9.53 Å². The van der Waals surface area contributed by atoms with Crippen LogP contribution in [0.15, 0.2) is 24.3 Å². The second kappa shape index (κ2) is 8.01. The minimum atomic E-state index is 0.00296. The fraction of sp³-hybridized carbons (Fsp3) is 0.533. The molecule has 0 amide bonds. The molecule has 0 fully saturated rings. The van der Waals surface area contributed by atoms with Gasteiger partial charge in [0.2, 0.25) is 0 Å². The van der Waals surface area contributed by atoms with Gasteiger partial charge in [0.1, 0.15) is 6.29 Å². The highest BCUT2D eigenvalue weighted by molar-refractivity contribution is 5.74. The summed E-state index contributed by atoms with van der Waals surface area (Å²) in [5, 5.41) is 0. The van der Waals surface area contributed by atoms with E-state index in [-0.39, 0.29) is 11.5 Å². The van der Waals surface area contributed by atoms with Crippen molar-refractivity contribution in [3.8, 4) is 0 Å². The van der Waals surface area contributed by atoms with E-state index in [0.717, 1.165) is 18.5 Å². The van der Waals surface area contributed by atoms with Gasteiger partial charge < -0.3 is 10.5 Å². The van der Waals surface area contributed by atoms with Gasteiger partial charge in [-0.2, -0.15) is 0 Å². The molecule has 0 aliphatic heterocycles. The predicted octanol–water partition coefficient (Wildman–Crippen LogP) is 3.20. The summed E-state index contributed by atoms with van der Waals surface area (Å²) < 4.78 is 4.54. The average Bonchev–Trinajstić information content (AvgIpc) is 2.37. The Morgan fingerprint density at radius 3 is 2.00 bits per heavy atom. The Hall–Kier alpha value is -1.19. The number of nitrogens with two attached hydrogens (primary N) is 1. The number of hydrogen-bond donors (Lipinski definition) is 1. The quantitative estimate of drug-likeness (QED) is 0.839. The number of rotatable bonds is 3. The Kier molecular flexibility index (Phi) is 7.48. The largest absolute Gasteiger partial charge is 0.385 e. The molecule has 1 unspecified atom stereocenters. The molecule has 0 aliphatic carbocycles. The van der Waals surface area contributed by atoms with Crippen LogP contribution >= 0.6 is 0 Å². The van der Waals surface area contributed by atoms with Gasteiger partial charge in [-0.25, -0.2) is 0 Å². The number of methoxy groups -OCH3 is 1. The monoisotopic (exact) mass is 251 g/mol. The summed E-state index contributed by atoms with van der Waals surface area (Å²) in [6.45, 7) is 9.09. The summed E-state index contributed by atoms with van der Waals surface area (Å²) in [4.78, 5) is 10.5. The number of ether oxygens (including phenoxy) is 1. The van der Waals surface area contributed by atoms with Gasteiger partial charge in [-0.05, 0) is 17.9 Å². The lowest BCUT2D eigenvalue weighted by Gasteiger charge is -2.27. The van der Waals surface area contributed by atoms with Crippen LogP contribution in [-0.2, 0) is 4.74 Å². The first-order valence-electron chi connectivity index (χ1n) is 6.16. The maximum absolute atomic E-state index is 10.5. The normalized spacial score (nSPS) is 12.3. The van der Waals surface area contributed by atoms with Gasteiger partial charge >= 0.3 is 0 Å². The van der Waals surface area contributed by atoms with Crippen LogP contribution in [0.5, 0.6) is 0 Å². The van der Waals surface area contributed by atoms with Crippen LogP contribution in [0.2, 0.25) is 0 Å². The van der Waals surface area contributed by atoms with Crippen LogP contribution in [-0.4, -0.2) is 20.0 Å². The van der Waals surface area contributed by atoms with E-state index < -0.39 is 0 Å². The molecule has 0 heterocycles. The molecule has 0 saturated heterocycles. The highest BCUT2D eigenvalue weighted by Gasteiger charge is 2.21. The summed E-state index contributed by atoms with van der Waals surface area (Å²) >= 11 is 0. The molecular weight excluding hydrogens is 226 g/mol. The molecule has 2 N–H and O–H groups in total. The zero-order chi connectivity index (χ0) is 14.2.